The summed E-state index contributed by atoms with van der Waals surface area (Å²) in [4.78, 5) is 29.4. The van der Waals surface area contributed by atoms with E-state index in [4.69, 9.17) is 0 Å². The van der Waals surface area contributed by atoms with Gasteiger partial charge in [0.2, 0.25) is 5.91 Å². The summed E-state index contributed by atoms with van der Waals surface area (Å²) in [6.45, 7) is 2.52. The third kappa shape index (κ3) is 5.69. The van der Waals surface area contributed by atoms with Gasteiger partial charge < -0.3 is 10.6 Å². The van der Waals surface area contributed by atoms with Crippen molar-refractivity contribution in [3.63, 3.8) is 0 Å². The van der Waals surface area contributed by atoms with Gasteiger partial charge in [-0.15, -0.1) is 0 Å². The van der Waals surface area contributed by atoms with E-state index in [1.54, 1.807) is 42.5 Å². The lowest BCUT2D eigenvalue weighted by Gasteiger charge is -2.14. The first-order valence-electron chi connectivity index (χ1n) is 10.2. The maximum Gasteiger partial charge on any atom is 0.263 e. The smallest absolute Gasteiger partial charge is 0.263 e. The number of unbranched alkanes of at least 4 members (excludes halogenated alkanes) is 1. The number of hydrogen-bond donors (Lipinski definition) is 3. The molecule has 0 bridgehead atoms. The quantitative estimate of drug-likeness (QED) is 0.514. The molecular weight excluding hydrogens is 416 g/mol. The van der Waals surface area contributed by atoms with E-state index in [0.29, 0.717) is 17.5 Å². The molecular formula is C22H26N4O4S. The number of benzene rings is 2. The highest BCUT2D eigenvalue weighted by Crippen LogP contribution is 2.23. The maximum atomic E-state index is 12.7. The summed E-state index contributed by atoms with van der Waals surface area (Å²) in [7, 11) is -3.66. The summed E-state index contributed by atoms with van der Waals surface area (Å²) in [5.41, 5.74) is 1.01. The number of amides is 2. The average Bonchev–Trinajstić information content (AvgIpc) is 3.04. The van der Waals surface area contributed by atoms with E-state index in [9.17, 15) is 18.0 Å². The Labute approximate surface area is 182 Å². The second-order valence-electron chi connectivity index (χ2n) is 7.15. The van der Waals surface area contributed by atoms with Gasteiger partial charge in [-0.25, -0.2) is 8.42 Å². The van der Waals surface area contributed by atoms with Crippen molar-refractivity contribution in [1.82, 2.24) is 15.4 Å². The molecule has 8 nitrogen and oxygen atoms in total. The van der Waals surface area contributed by atoms with E-state index >= 15 is 0 Å². The number of aliphatic imine (C=N–C) groups is 1. The van der Waals surface area contributed by atoms with E-state index in [1.807, 2.05) is 13.0 Å². The van der Waals surface area contributed by atoms with Crippen LogP contribution in [0.4, 0.5) is 0 Å². The van der Waals surface area contributed by atoms with Crippen LogP contribution < -0.4 is 15.4 Å². The lowest BCUT2D eigenvalue weighted by molar-refractivity contribution is -0.122. The number of nitrogens with one attached hydrogen (secondary N) is 3. The van der Waals surface area contributed by atoms with Gasteiger partial charge in [0.05, 0.1) is 4.90 Å². The molecule has 1 atom stereocenters. The molecule has 2 amide bonds. The minimum Gasteiger partial charge on any atom is -0.352 e. The van der Waals surface area contributed by atoms with E-state index in [1.165, 1.54) is 6.07 Å². The summed E-state index contributed by atoms with van der Waals surface area (Å²) in [6, 6.07) is 14.6. The van der Waals surface area contributed by atoms with Crippen LogP contribution in [0, 0.1) is 0 Å². The topological polar surface area (TPSA) is 117 Å². The molecule has 0 saturated carbocycles. The van der Waals surface area contributed by atoms with Crippen LogP contribution in [-0.2, 0) is 14.8 Å². The summed E-state index contributed by atoms with van der Waals surface area (Å²) >= 11 is 0. The third-order valence-electron chi connectivity index (χ3n) is 4.83. The lowest BCUT2D eigenvalue weighted by atomic mass is 10.1. The summed E-state index contributed by atoms with van der Waals surface area (Å²) in [6.07, 6.45) is 2.14. The fourth-order valence-electron chi connectivity index (χ4n) is 3.21. The second kappa shape index (κ2) is 10.2. The van der Waals surface area contributed by atoms with Gasteiger partial charge in [0.1, 0.15) is 11.9 Å². The summed E-state index contributed by atoms with van der Waals surface area (Å²) in [5, 5.41) is 5.53. The van der Waals surface area contributed by atoms with Crippen LogP contribution in [0.2, 0.25) is 0 Å². The van der Waals surface area contributed by atoms with Crippen molar-refractivity contribution in [2.75, 3.05) is 13.1 Å². The van der Waals surface area contributed by atoms with Gasteiger partial charge in [0.25, 0.3) is 15.9 Å². The Kier molecular flexibility index (Phi) is 7.41. The van der Waals surface area contributed by atoms with Gasteiger partial charge in [-0.05, 0) is 30.7 Å². The number of hydrogen-bond acceptors (Lipinski definition) is 5. The van der Waals surface area contributed by atoms with Gasteiger partial charge in [0, 0.05) is 24.2 Å². The van der Waals surface area contributed by atoms with Crippen molar-refractivity contribution >= 4 is 27.7 Å². The van der Waals surface area contributed by atoms with Crippen LogP contribution in [0.5, 0.6) is 0 Å². The molecule has 3 rings (SSSR count). The number of nitrogens with zero attached hydrogens (tertiary/aromatic N) is 1. The third-order valence-corrected chi connectivity index (χ3v) is 6.22. The molecule has 31 heavy (non-hydrogen) atoms. The first-order chi connectivity index (χ1) is 14.9. The monoisotopic (exact) mass is 442 g/mol. The van der Waals surface area contributed by atoms with Crippen molar-refractivity contribution in [2.45, 2.75) is 37.1 Å². The van der Waals surface area contributed by atoms with Crippen LogP contribution in [0.15, 0.2) is 64.5 Å². The van der Waals surface area contributed by atoms with Crippen molar-refractivity contribution in [3.05, 3.63) is 65.7 Å². The zero-order chi connectivity index (χ0) is 22.3. The molecule has 0 spiro atoms. The Balaban J connectivity index is 1.62. The summed E-state index contributed by atoms with van der Waals surface area (Å²) < 4.78 is 27.0. The molecule has 0 fully saturated rings. The molecule has 0 aliphatic carbocycles. The van der Waals surface area contributed by atoms with E-state index in [-0.39, 0.29) is 35.6 Å². The highest BCUT2D eigenvalue weighted by Gasteiger charge is 2.31. The first-order valence-corrected chi connectivity index (χ1v) is 11.7. The molecule has 2 aromatic carbocycles. The van der Waals surface area contributed by atoms with Gasteiger partial charge in [-0.3, -0.25) is 19.3 Å². The fourth-order valence-corrected chi connectivity index (χ4v) is 4.45. The zero-order valence-corrected chi connectivity index (χ0v) is 18.1. The van der Waals surface area contributed by atoms with E-state index in [2.05, 4.69) is 20.3 Å². The van der Waals surface area contributed by atoms with Crippen LogP contribution in [0.3, 0.4) is 0 Å². The van der Waals surface area contributed by atoms with E-state index < -0.39 is 16.1 Å². The molecule has 1 heterocycles. The largest absolute Gasteiger partial charge is 0.352 e. The molecule has 0 saturated heterocycles. The number of fused-ring (bicyclic) bond motifs is 1. The minimum atomic E-state index is -3.66. The average molecular weight is 443 g/mol. The predicted octanol–water partition coefficient (Wildman–Crippen LogP) is 1.83. The molecule has 9 heteroatoms. The highest BCUT2D eigenvalue weighted by molar-refractivity contribution is 7.90. The Morgan fingerprint density at radius 2 is 1.68 bits per heavy atom. The van der Waals surface area contributed by atoms with Gasteiger partial charge in [0.15, 0.2) is 0 Å². The van der Waals surface area contributed by atoms with Crippen LogP contribution >= 0.6 is 0 Å². The number of sulfonamides is 1. The maximum absolute atomic E-state index is 12.7. The van der Waals surface area contributed by atoms with Crippen LogP contribution in [-0.4, -0.2) is 45.2 Å². The molecule has 0 aromatic heterocycles. The van der Waals surface area contributed by atoms with Crippen LogP contribution in [0.25, 0.3) is 0 Å². The lowest BCUT2D eigenvalue weighted by Crippen LogP contribution is -2.40. The SMILES string of the molecule is CCCCC(N=C1NS(=O)(=O)c2ccccc21)C(=O)NCCNC(=O)c1ccccc1. The Morgan fingerprint density at radius 3 is 2.42 bits per heavy atom. The second-order valence-corrected chi connectivity index (χ2v) is 8.80. The number of carbonyl (C=O) groups excluding carboxylic acids is 2. The molecule has 3 N–H and O–H groups in total. The normalized spacial score (nSPS) is 16.2. The molecule has 2 aromatic rings. The highest BCUT2D eigenvalue weighted by atomic mass is 32.2. The minimum absolute atomic E-state index is 0.159. The molecule has 1 aliphatic heterocycles. The Bertz CT molecular complexity index is 1070. The Hall–Kier alpha value is -3.20. The predicted molar refractivity (Wildman–Crippen MR) is 118 cm³/mol. The molecule has 164 valence electrons. The van der Waals surface area contributed by atoms with Crippen molar-refractivity contribution in [1.29, 1.82) is 0 Å². The standard InChI is InChI=1S/C22H26N4O4S/c1-2-3-12-18(25-20-17-11-7-8-13-19(17)31(29,30)26-20)22(28)24-15-14-23-21(27)16-9-5-4-6-10-16/h4-11,13,18H,2-3,12,14-15H2,1H3,(H,23,27)(H,24,28)(H,25,26). The van der Waals surface area contributed by atoms with Gasteiger partial charge >= 0.3 is 0 Å². The zero-order valence-electron chi connectivity index (χ0n) is 17.3. The molecule has 1 unspecified atom stereocenters. The van der Waals surface area contributed by atoms with Crippen LogP contribution in [0.1, 0.15) is 42.1 Å². The molecule has 1 aliphatic rings. The summed E-state index contributed by atoms with van der Waals surface area (Å²) in [5.74, 6) is -0.336. The van der Waals surface area contributed by atoms with Crippen molar-refractivity contribution < 1.29 is 18.0 Å². The van der Waals surface area contributed by atoms with Crippen molar-refractivity contribution in [3.8, 4) is 0 Å². The van der Waals surface area contributed by atoms with Gasteiger partial charge in [-0.1, -0.05) is 50.1 Å². The Morgan fingerprint density at radius 1 is 1.00 bits per heavy atom. The van der Waals surface area contributed by atoms with Crippen molar-refractivity contribution in [2.24, 2.45) is 4.99 Å². The fraction of sp³-hybridized carbons (Fsp3) is 0.318. The first kappa shape index (κ1) is 22.5. The molecule has 0 radical (unpaired) electrons. The number of carbonyl (C=O) groups is 2. The number of amidine groups is 1. The van der Waals surface area contributed by atoms with Gasteiger partial charge in [-0.2, -0.15) is 0 Å². The number of rotatable bonds is 9. The van der Waals surface area contributed by atoms with E-state index in [0.717, 1.165) is 12.8 Å².